The normalized spacial score (nSPS) is 22.1. The maximum absolute atomic E-state index is 13.0. The summed E-state index contributed by atoms with van der Waals surface area (Å²) in [7, 11) is 0. The quantitative estimate of drug-likeness (QED) is 0.0632. The van der Waals surface area contributed by atoms with Crippen molar-refractivity contribution in [2.24, 2.45) is 0 Å². The van der Waals surface area contributed by atoms with Crippen molar-refractivity contribution in [1.29, 1.82) is 0 Å². The zero-order chi connectivity index (χ0) is 29.9. The van der Waals surface area contributed by atoms with E-state index in [1.54, 1.807) is 18.2 Å². The van der Waals surface area contributed by atoms with Crippen LogP contribution in [0.4, 0.5) is 0 Å². The minimum atomic E-state index is -1.82. The molecule has 1 fully saturated rings. The molecule has 41 heavy (non-hydrogen) atoms. The van der Waals surface area contributed by atoms with E-state index in [0.717, 1.165) is 18.2 Å². The number of unbranched alkanes of at least 4 members (excludes halogenated alkanes) is 1. The molecule has 0 aliphatic carbocycles. The van der Waals surface area contributed by atoms with E-state index in [9.17, 15) is 40.2 Å². The number of rotatable bonds is 12. The lowest BCUT2D eigenvalue weighted by Crippen LogP contribution is -2.60. The van der Waals surface area contributed by atoms with E-state index in [1.165, 1.54) is 24.3 Å². The topological polar surface area (TPSA) is 203 Å². The second-order valence-corrected chi connectivity index (χ2v) is 9.09. The van der Waals surface area contributed by atoms with E-state index >= 15 is 0 Å². The third-order valence-corrected chi connectivity index (χ3v) is 6.01. The lowest BCUT2D eigenvalue weighted by Gasteiger charge is -2.40. The van der Waals surface area contributed by atoms with Crippen molar-refractivity contribution >= 4 is 17.8 Å². The first kappa shape index (κ1) is 31.4. The first-order valence-corrected chi connectivity index (χ1v) is 12.7. The number of ether oxygens (including phenoxy) is 3. The van der Waals surface area contributed by atoms with Gasteiger partial charge in [0.1, 0.15) is 59.6 Å². The number of carbonyl (C=O) groups excluding carboxylic acids is 2. The van der Waals surface area contributed by atoms with Gasteiger partial charge in [0, 0.05) is 18.6 Å². The minimum Gasteiger partial charge on any atom is -0.508 e. The summed E-state index contributed by atoms with van der Waals surface area (Å²) in [6.07, 6.45) is -1.71. The van der Waals surface area contributed by atoms with Gasteiger partial charge < -0.3 is 50.0 Å². The molecule has 0 radical (unpaired) electrons. The Bertz CT molecular complexity index is 1280. The Balaban J connectivity index is 1.70. The number of hydrogen-bond acceptors (Lipinski definition) is 12. The van der Waals surface area contributed by atoms with Crippen LogP contribution in [0.3, 0.4) is 0 Å². The first-order chi connectivity index (χ1) is 19.6. The van der Waals surface area contributed by atoms with Crippen LogP contribution < -0.4 is 4.74 Å². The van der Waals surface area contributed by atoms with Gasteiger partial charge in [0.2, 0.25) is 6.29 Å². The van der Waals surface area contributed by atoms with E-state index < -0.39 is 66.3 Å². The van der Waals surface area contributed by atoms with Crippen LogP contribution in [0.5, 0.6) is 23.0 Å². The summed E-state index contributed by atoms with van der Waals surface area (Å²) in [5.74, 6) is -2.83. The zero-order valence-corrected chi connectivity index (χ0v) is 21.9. The number of benzene rings is 2. The summed E-state index contributed by atoms with van der Waals surface area (Å²) < 4.78 is 16.3. The van der Waals surface area contributed by atoms with Crippen LogP contribution >= 0.6 is 0 Å². The van der Waals surface area contributed by atoms with E-state index in [0.29, 0.717) is 18.4 Å². The van der Waals surface area contributed by atoms with Crippen molar-refractivity contribution in [2.45, 2.75) is 50.0 Å². The van der Waals surface area contributed by atoms with Crippen LogP contribution in [-0.2, 0) is 14.3 Å². The van der Waals surface area contributed by atoms with Crippen LogP contribution in [0.2, 0.25) is 0 Å². The maximum Gasteiger partial charge on any atom is 0.305 e. The standard InChI is InChI=1S/C29H32O12/c30-13-5-3-1-2-4-6-24(35)39-16-23-26(36)27(37)28(38)29(41-23)40-22-15-19(32)14-21(34)25(22)20(33)12-9-17-7-10-18(31)11-8-17/h1,5,7-12,14-15,23,26-32,34,36-38H,2,4,6,13,16H2/b12-9+/t3?,23-,26-,27+,28-,29-/m1/s1. The monoisotopic (exact) mass is 572 g/mol. The highest BCUT2D eigenvalue weighted by molar-refractivity contribution is 6.10. The van der Waals surface area contributed by atoms with E-state index in [4.69, 9.17) is 19.3 Å². The predicted octanol–water partition coefficient (Wildman–Crippen LogP) is 1.30. The molecule has 0 aromatic heterocycles. The Kier molecular flexibility index (Phi) is 11.5. The number of aliphatic hydroxyl groups excluding tert-OH is 4. The molecule has 5 atom stereocenters. The fourth-order valence-electron chi connectivity index (χ4n) is 3.86. The number of carbonyl (C=O) groups is 2. The molecule has 0 saturated carbocycles. The number of hydrogen-bond donors (Lipinski definition) is 7. The number of allylic oxidation sites excluding steroid dienone is 1. The Hall–Kier alpha value is -4.16. The summed E-state index contributed by atoms with van der Waals surface area (Å²) in [5.41, 5.74) is 2.90. The SMILES string of the molecule is O=C(CCCC=C=CCO)OC[C@H]1O[C@@H](Oc2cc(O)cc(O)c2C(=O)/C=C/c2ccc(O)cc2)[C@H](O)[C@@H](O)[C@@H]1O. The van der Waals surface area contributed by atoms with Gasteiger partial charge in [-0.3, -0.25) is 9.59 Å². The highest BCUT2D eigenvalue weighted by atomic mass is 16.7. The number of aromatic hydroxyl groups is 3. The molecular formula is C29H32O12. The molecule has 1 aliphatic heterocycles. The summed E-state index contributed by atoms with van der Waals surface area (Å²) in [6.45, 7) is -0.633. The van der Waals surface area contributed by atoms with Gasteiger partial charge in [0.15, 0.2) is 5.78 Å². The second-order valence-electron chi connectivity index (χ2n) is 9.09. The fourth-order valence-corrected chi connectivity index (χ4v) is 3.86. The second kappa shape index (κ2) is 15.0. The van der Waals surface area contributed by atoms with Crippen molar-refractivity contribution < 1.29 is 59.5 Å². The van der Waals surface area contributed by atoms with Crippen LogP contribution in [0.15, 0.2) is 60.4 Å². The van der Waals surface area contributed by atoms with Crippen LogP contribution in [0, 0.1) is 0 Å². The molecule has 1 heterocycles. The number of phenolic OH excluding ortho intramolecular Hbond substituents is 3. The van der Waals surface area contributed by atoms with Crippen molar-refractivity contribution in [1.82, 2.24) is 0 Å². The van der Waals surface area contributed by atoms with Gasteiger partial charge >= 0.3 is 5.97 Å². The van der Waals surface area contributed by atoms with Crippen molar-refractivity contribution in [3.05, 3.63) is 71.5 Å². The summed E-state index contributed by atoms with van der Waals surface area (Å²) in [4.78, 5) is 25.0. The van der Waals surface area contributed by atoms with Crippen molar-refractivity contribution in [2.75, 3.05) is 13.2 Å². The molecule has 3 rings (SSSR count). The molecule has 0 amide bonds. The zero-order valence-electron chi connectivity index (χ0n) is 21.9. The fraction of sp³-hybridized carbons (Fsp3) is 0.345. The van der Waals surface area contributed by atoms with Crippen LogP contribution in [-0.4, -0.2) is 91.4 Å². The third-order valence-electron chi connectivity index (χ3n) is 6.01. The van der Waals surface area contributed by atoms with Crippen molar-refractivity contribution in [3.63, 3.8) is 0 Å². The molecule has 2 aromatic carbocycles. The predicted molar refractivity (Wildman–Crippen MR) is 143 cm³/mol. The molecule has 220 valence electrons. The number of aliphatic hydroxyl groups is 4. The Morgan fingerprint density at radius 2 is 1.68 bits per heavy atom. The Morgan fingerprint density at radius 1 is 0.951 bits per heavy atom. The summed E-state index contributed by atoms with van der Waals surface area (Å²) in [5, 5.41) is 69.6. The highest BCUT2D eigenvalue weighted by Gasteiger charge is 2.46. The Labute approximate surface area is 235 Å². The van der Waals surface area contributed by atoms with E-state index in [2.05, 4.69) is 5.73 Å². The number of ketones is 1. The number of esters is 1. The Morgan fingerprint density at radius 3 is 2.39 bits per heavy atom. The average molecular weight is 573 g/mol. The lowest BCUT2D eigenvalue weighted by molar-refractivity contribution is -0.278. The average Bonchev–Trinajstić information content (AvgIpc) is 2.93. The van der Waals surface area contributed by atoms with Gasteiger partial charge in [-0.2, -0.15) is 0 Å². The molecule has 0 spiro atoms. The highest BCUT2D eigenvalue weighted by Crippen LogP contribution is 2.36. The molecule has 1 saturated heterocycles. The van der Waals surface area contributed by atoms with Gasteiger partial charge in [0.25, 0.3) is 0 Å². The number of phenols is 3. The molecule has 7 N–H and O–H groups in total. The molecule has 0 unspecified atom stereocenters. The lowest BCUT2D eigenvalue weighted by atomic mass is 9.99. The van der Waals surface area contributed by atoms with Gasteiger partial charge in [-0.25, -0.2) is 0 Å². The minimum absolute atomic E-state index is 0.0344. The summed E-state index contributed by atoms with van der Waals surface area (Å²) in [6, 6.07) is 7.84. The third kappa shape index (κ3) is 8.92. The maximum atomic E-state index is 13.0. The van der Waals surface area contributed by atoms with Gasteiger partial charge in [-0.15, -0.1) is 5.73 Å². The van der Waals surface area contributed by atoms with Gasteiger partial charge in [-0.05, 0) is 48.8 Å². The van der Waals surface area contributed by atoms with E-state index in [-0.39, 0.29) is 24.3 Å². The van der Waals surface area contributed by atoms with Gasteiger partial charge in [-0.1, -0.05) is 18.2 Å². The van der Waals surface area contributed by atoms with Crippen LogP contribution in [0.25, 0.3) is 6.08 Å². The molecule has 1 aliphatic rings. The molecule has 12 heteroatoms. The largest absolute Gasteiger partial charge is 0.508 e. The summed E-state index contributed by atoms with van der Waals surface area (Å²) >= 11 is 0. The molecule has 2 aromatic rings. The van der Waals surface area contributed by atoms with Crippen molar-refractivity contribution in [3.8, 4) is 23.0 Å². The van der Waals surface area contributed by atoms with E-state index in [1.807, 2.05) is 0 Å². The van der Waals surface area contributed by atoms with Gasteiger partial charge in [0.05, 0.1) is 6.61 Å². The molecular weight excluding hydrogens is 540 g/mol. The smallest absolute Gasteiger partial charge is 0.305 e. The molecule has 0 bridgehead atoms. The first-order valence-electron chi connectivity index (χ1n) is 12.7. The van der Waals surface area contributed by atoms with Crippen LogP contribution in [0.1, 0.15) is 35.2 Å². The molecule has 12 nitrogen and oxygen atoms in total.